The van der Waals surface area contributed by atoms with Crippen LogP contribution in [0.4, 0.5) is 0 Å². The lowest BCUT2D eigenvalue weighted by molar-refractivity contribution is 0.602. The number of sulfone groups is 1. The number of nitrogens with two attached hydrogens (primary N) is 1. The van der Waals surface area contributed by atoms with E-state index in [-0.39, 0.29) is 22.0 Å². The summed E-state index contributed by atoms with van der Waals surface area (Å²) in [6.45, 7) is 2.38. The Morgan fingerprint density at radius 1 is 1.57 bits per heavy atom. The van der Waals surface area contributed by atoms with Crippen molar-refractivity contribution in [3.8, 4) is 0 Å². The Kier molecular flexibility index (Phi) is 4.09. The van der Waals surface area contributed by atoms with E-state index in [9.17, 15) is 12.6 Å². The molecule has 1 aliphatic rings. The molecule has 0 aliphatic carbocycles. The van der Waals surface area contributed by atoms with Crippen LogP contribution in [0.1, 0.15) is 19.8 Å². The Balaban J connectivity index is 2.55. The Hall–Kier alpha value is 0.0600. The van der Waals surface area contributed by atoms with Crippen molar-refractivity contribution in [2.24, 2.45) is 5.73 Å². The molecule has 4 nitrogen and oxygen atoms in total. The van der Waals surface area contributed by atoms with Crippen molar-refractivity contribution in [2.45, 2.75) is 30.3 Å². The van der Waals surface area contributed by atoms with Gasteiger partial charge in [-0.05, 0) is 19.4 Å². The summed E-state index contributed by atoms with van der Waals surface area (Å²) in [4.78, 5) is 0. The van der Waals surface area contributed by atoms with Gasteiger partial charge in [0.1, 0.15) is 0 Å². The molecular weight excluding hydrogens is 222 g/mol. The Morgan fingerprint density at radius 3 is 2.64 bits per heavy atom. The third-order valence-electron chi connectivity index (χ3n) is 2.49. The van der Waals surface area contributed by atoms with Crippen LogP contribution in [0.15, 0.2) is 0 Å². The molecule has 84 valence electrons. The maximum absolute atomic E-state index is 11.8. The van der Waals surface area contributed by atoms with Crippen molar-refractivity contribution in [3.63, 3.8) is 0 Å². The molecule has 1 aliphatic heterocycles. The first-order valence-electron chi connectivity index (χ1n) is 4.76. The van der Waals surface area contributed by atoms with Gasteiger partial charge in [0.25, 0.3) is 0 Å². The van der Waals surface area contributed by atoms with E-state index < -0.39 is 20.6 Å². The summed E-state index contributed by atoms with van der Waals surface area (Å²) in [5.41, 5.74) is 5.37. The largest absolute Gasteiger partial charge is 0.330 e. The fraction of sp³-hybridized carbons (Fsp3) is 1.00. The maximum atomic E-state index is 11.8. The standard InChI is InChI=1S/C8H17NO3S2/c1-7(2-4-9)13(10)8-3-5-14(11,12)6-8/h7-8H,2-6,9H2,1H3. The SMILES string of the molecule is CC(CCN)S(=O)C1CCS(=O)(=O)C1. The van der Waals surface area contributed by atoms with Gasteiger partial charge in [-0.3, -0.25) is 4.21 Å². The summed E-state index contributed by atoms with van der Waals surface area (Å²) in [5, 5.41) is -0.153. The minimum absolute atomic E-state index is 0.0123. The molecule has 0 saturated carbocycles. The predicted octanol–water partition coefficient (Wildman–Crippen LogP) is -0.340. The van der Waals surface area contributed by atoms with Crippen LogP contribution in [0, 0.1) is 0 Å². The molecule has 1 rings (SSSR count). The molecule has 1 fully saturated rings. The average molecular weight is 239 g/mol. The van der Waals surface area contributed by atoms with Crippen molar-refractivity contribution in [1.82, 2.24) is 0 Å². The molecule has 0 aromatic carbocycles. The summed E-state index contributed by atoms with van der Waals surface area (Å²) in [7, 11) is -3.96. The second-order valence-corrected chi connectivity index (χ2v) is 8.10. The molecule has 2 N–H and O–H groups in total. The van der Waals surface area contributed by atoms with Crippen molar-refractivity contribution >= 4 is 20.6 Å². The zero-order valence-electron chi connectivity index (χ0n) is 8.31. The van der Waals surface area contributed by atoms with Crippen LogP contribution in [0.25, 0.3) is 0 Å². The predicted molar refractivity (Wildman–Crippen MR) is 58.3 cm³/mol. The number of rotatable bonds is 4. The lowest BCUT2D eigenvalue weighted by Crippen LogP contribution is -2.26. The second kappa shape index (κ2) is 4.72. The molecule has 0 radical (unpaired) electrons. The van der Waals surface area contributed by atoms with Crippen LogP contribution in [0.3, 0.4) is 0 Å². The fourth-order valence-corrected chi connectivity index (χ4v) is 5.85. The number of hydrogen-bond acceptors (Lipinski definition) is 4. The molecule has 0 spiro atoms. The summed E-state index contributed by atoms with van der Waals surface area (Å²) in [6.07, 6.45) is 1.24. The monoisotopic (exact) mass is 239 g/mol. The Labute approximate surface area is 87.6 Å². The van der Waals surface area contributed by atoms with E-state index in [1.165, 1.54) is 0 Å². The van der Waals surface area contributed by atoms with Gasteiger partial charge in [-0.15, -0.1) is 0 Å². The maximum Gasteiger partial charge on any atom is 0.151 e. The Bertz CT molecular complexity index is 313. The highest BCUT2D eigenvalue weighted by atomic mass is 32.2. The van der Waals surface area contributed by atoms with E-state index >= 15 is 0 Å². The molecule has 6 heteroatoms. The quantitative estimate of drug-likeness (QED) is 0.728. The molecule has 1 heterocycles. The fourth-order valence-electron chi connectivity index (χ4n) is 1.62. The van der Waals surface area contributed by atoms with Crippen LogP contribution < -0.4 is 5.73 Å². The highest BCUT2D eigenvalue weighted by Gasteiger charge is 2.33. The van der Waals surface area contributed by atoms with Crippen LogP contribution in [-0.2, 0) is 20.6 Å². The van der Waals surface area contributed by atoms with Gasteiger partial charge >= 0.3 is 0 Å². The van der Waals surface area contributed by atoms with Gasteiger partial charge in [-0.2, -0.15) is 0 Å². The average Bonchev–Trinajstić information content (AvgIpc) is 2.45. The number of hydrogen-bond donors (Lipinski definition) is 1. The molecule has 0 bridgehead atoms. The van der Waals surface area contributed by atoms with E-state index in [2.05, 4.69) is 0 Å². The first-order chi connectivity index (χ1) is 6.46. The summed E-state index contributed by atoms with van der Waals surface area (Å²) in [5.74, 6) is 0.285. The van der Waals surface area contributed by atoms with Gasteiger partial charge in [0.05, 0.1) is 11.5 Å². The molecule has 3 atom stereocenters. The van der Waals surface area contributed by atoms with E-state index in [0.717, 1.165) is 0 Å². The molecule has 0 aromatic rings. The minimum atomic E-state index is -2.91. The van der Waals surface area contributed by atoms with Crippen LogP contribution in [0.5, 0.6) is 0 Å². The summed E-state index contributed by atoms with van der Waals surface area (Å²) < 4.78 is 34.1. The van der Waals surface area contributed by atoms with Crippen molar-refractivity contribution in [2.75, 3.05) is 18.1 Å². The highest BCUT2D eigenvalue weighted by molar-refractivity contribution is 7.94. The smallest absolute Gasteiger partial charge is 0.151 e. The third-order valence-corrected chi connectivity index (χ3v) is 6.56. The van der Waals surface area contributed by atoms with E-state index in [0.29, 0.717) is 19.4 Å². The topological polar surface area (TPSA) is 77.2 Å². The highest BCUT2D eigenvalue weighted by Crippen LogP contribution is 2.20. The molecule has 14 heavy (non-hydrogen) atoms. The van der Waals surface area contributed by atoms with Gasteiger partial charge in [0, 0.05) is 21.3 Å². The van der Waals surface area contributed by atoms with Crippen LogP contribution in [0.2, 0.25) is 0 Å². The Morgan fingerprint density at radius 2 is 2.21 bits per heavy atom. The summed E-state index contributed by atoms with van der Waals surface area (Å²) in [6, 6.07) is 0. The lowest BCUT2D eigenvalue weighted by Gasteiger charge is -2.14. The molecular formula is C8H17NO3S2. The normalized spacial score (nSPS) is 30.0. The minimum Gasteiger partial charge on any atom is -0.330 e. The molecule has 1 saturated heterocycles. The zero-order valence-corrected chi connectivity index (χ0v) is 9.94. The molecule has 3 unspecified atom stereocenters. The van der Waals surface area contributed by atoms with Crippen molar-refractivity contribution < 1.29 is 12.6 Å². The van der Waals surface area contributed by atoms with Gasteiger partial charge < -0.3 is 5.73 Å². The second-order valence-electron chi connectivity index (χ2n) is 3.74. The first kappa shape index (κ1) is 12.1. The van der Waals surface area contributed by atoms with Crippen LogP contribution in [-0.4, -0.2) is 41.2 Å². The van der Waals surface area contributed by atoms with E-state index in [4.69, 9.17) is 5.73 Å². The van der Waals surface area contributed by atoms with Gasteiger partial charge in [0.15, 0.2) is 9.84 Å². The van der Waals surface area contributed by atoms with Crippen molar-refractivity contribution in [3.05, 3.63) is 0 Å². The van der Waals surface area contributed by atoms with E-state index in [1.54, 1.807) is 0 Å². The van der Waals surface area contributed by atoms with E-state index in [1.807, 2.05) is 6.92 Å². The van der Waals surface area contributed by atoms with Crippen LogP contribution >= 0.6 is 0 Å². The molecule has 0 aromatic heterocycles. The van der Waals surface area contributed by atoms with Gasteiger partial charge in [0.2, 0.25) is 0 Å². The lowest BCUT2D eigenvalue weighted by atomic mass is 10.3. The van der Waals surface area contributed by atoms with Gasteiger partial charge in [-0.25, -0.2) is 8.42 Å². The molecule has 0 amide bonds. The summed E-state index contributed by atoms with van der Waals surface area (Å²) >= 11 is 0. The third kappa shape index (κ3) is 3.03. The van der Waals surface area contributed by atoms with Gasteiger partial charge in [-0.1, -0.05) is 6.92 Å². The first-order valence-corrected chi connectivity index (χ1v) is 7.86. The van der Waals surface area contributed by atoms with Crippen molar-refractivity contribution in [1.29, 1.82) is 0 Å². The zero-order chi connectivity index (χ0) is 10.8.